The molecule has 3 N–H and O–H groups in total. The van der Waals surface area contributed by atoms with Crippen molar-refractivity contribution in [1.29, 1.82) is 0 Å². The number of nitrogens with zero attached hydrogens (tertiary/aromatic N) is 4. The van der Waals surface area contributed by atoms with Gasteiger partial charge in [-0.2, -0.15) is 5.10 Å². The van der Waals surface area contributed by atoms with E-state index in [0.717, 1.165) is 28.2 Å². The number of urea groups is 1. The highest BCUT2D eigenvalue weighted by Gasteiger charge is 2.09. The summed E-state index contributed by atoms with van der Waals surface area (Å²) in [6.45, 7) is 5.79. The van der Waals surface area contributed by atoms with Gasteiger partial charge in [0.1, 0.15) is 0 Å². The number of carbonyl (C=O) groups excluding carboxylic acids is 1. The van der Waals surface area contributed by atoms with Gasteiger partial charge in [-0.25, -0.2) is 14.8 Å². The topological polar surface area (TPSA) is 96.8 Å². The lowest BCUT2D eigenvalue weighted by Gasteiger charge is -2.11. The van der Waals surface area contributed by atoms with Crippen LogP contribution >= 0.6 is 0 Å². The van der Waals surface area contributed by atoms with Crippen LogP contribution in [0.4, 0.5) is 22.1 Å². The average molecular weight is 365 g/mol. The summed E-state index contributed by atoms with van der Waals surface area (Å²) in [5.41, 5.74) is 4.28. The SMILES string of the molecule is Cc1cnc(Nc2cnn(C)c2)nc1-c1ccc(NC(=O)NC(C)C)cc1. The summed E-state index contributed by atoms with van der Waals surface area (Å²) in [4.78, 5) is 20.7. The Labute approximate surface area is 158 Å². The van der Waals surface area contributed by atoms with Crippen LogP contribution < -0.4 is 16.0 Å². The van der Waals surface area contributed by atoms with Gasteiger partial charge >= 0.3 is 6.03 Å². The summed E-state index contributed by atoms with van der Waals surface area (Å²) in [7, 11) is 1.85. The van der Waals surface area contributed by atoms with E-state index in [1.54, 1.807) is 17.1 Å². The molecule has 0 saturated carbocycles. The first-order valence-electron chi connectivity index (χ1n) is 8.68. The molecule has 3 rings (SSSR count). The maximum atomic E-state index is 11.8. The molecule has 8 nitrogen and oxygen atoms in total. The lowest BCUT2D eigenvalue weighted by atomic mass is 10.1. The van der Waals surface area contributed by atoms with Crippen LogP contribution in [0.15, 0.2) is 42.9 Å². The summed E-state index contributed by atoms with van der Waals surface area (Å²) in [5.74, 6) is 0.502. The molecule has 0 bridgehead atoms. The second-order valence-electron chi connectivity index (χ2n) is 6.58. The Morgan fingerprint density at radius 3 is 2.48 bits per heavy atom. The first-order valence-corrected chi connectivity index (χ1v) is 8.68. The second kappa shape index (κ2) is 7.86. The van der Waals surface area contributed by atoms with Crippen molar-refractivity contribution < 1.29 is 4.79 Å². The third-order valence-corrected chi connectivity index (χ3v) is 3.77. The highest BCUT2D eigenvalue weighted by atomic mass is 16.2. The molecular weight excluding hydrogens is 342 g/mol. The number of carbonyl (C=O) groups is 1. The van der Waals surface area contributed by atoms with E-state index in [4.69, 9.17) is 0 Å². The number of aryl methyl sites for hydroxylation is 2. The number of anilines is 3. The van der Waals surface area contributed by atoms with Crippen molar-refractivity contribution in [2.75, 3.05) is 10.6 Å². The number of amides is 2. The second-order valence-corrected chi connectivity index (χ2v) is 6.58. The first-order chi connectivity index (χ1) is 12.9. The van der Waals surface area contributed by atoms with Gasteiger partial charge in [-0.15, -0.1) is 0 Å². The molecule has 2 aromatic heterocycles. The smallest absolute Gasteiger partial charge is 0.319 e. The number of hydrogen-bond acceptors (Lipinski definition) is 5. The predicted octanol–water partition coefficient (Wildman–Crippen LogP) is 3.46. The molecule has 8 heteroatoms. The first kappa shape index (κ1) is 18.4. The lowest BCUT2D eigenvalue weighted by molar-refractivity contribution is 0.250. The summed E-state index contributed by atoms with van der Waals surface area (Å²) < 4.78 is 1.71. The van der Waals surface area contributed by atoms with Crippen molar-refractivity contribution in [1.82, 2.24) is 25.1 Å². The van der Waals surface area contributed by atoms with Crippen molar-refractivity contribution in [3.05, 3.63) is 48.4 Å². The van der Waals surface area contributed by atoms with Crippen LogP contribution in [0, 0.1) is 6.92 Å². The Hall–Kier alpha value is -3.42. The van der Waals surface area contributed by atoms with Crippen LogP contribution in [-0.4, -0.2) is 31.8 Å². The van der Waals surface area contributed by atoms with E-state index in [0.29, 0.717) is 5.95 Å². The Balaban J connectivity index is 1.77. The van der Waals surface area contributed by atoms with E-state index < -0.39 is 0 Å². The third-order valence-electron chi connectivity index (χ3n) is 3.77. The standard InChI is InChI=1S/C19H23N7O/c1-12(2)22-19(27)24-15-7-5-14(6-8-15)17-13(3)9-20-18(25-17)23-16-10-21-26(4)11-16/h5-12H,1-4H3,(H,20,23,25)(H2,22,24,27). The Morgan fingerprint density at radius 1 is 1.11 bits per heavy atom. The minimum Gasteiger partial charge on any atom is -0.336 e. The molecule has 3 aromatic rings. The largest absolute Gasteiger partial charge is 0.336 e. The monoisotopic (exact) mass is 365 g/mol. The predicted molar refractivity (Wildman–Crippen MR) is 106 cm³/mol. The number of aromatic nitrogens is 4. The van der Waals surface area contributed by atoms with Crippen LogP contribution in [0.1, 0.15) is 19.4 Å². The van der Waals surface area contributed by atoms with Crippen molar-refractivity contribution in [3.8, 4) is 11.3 Å². The molecule has 0 unspecified atom stereocenters. The van der Waals surface area contributed by atoms with Gasteiger partial charge < -0.3 is 16.0 Å². The van der Waals surface area contributed by atoms with Crippen molar-refractivity contribution >= 4 is 23.4 Å². The van der Waals surface area contributed by atoms with Crippen LogP contribution in [-0.2, 0) is 7.05 Å². The summed E-state index contributed by atoms with van der Waals surface area (Å²) >= 11 is 0. The maximum absolute atomic E-state index is 11.8. The minimum absolute atomic E-state index is 0.0821. The Morgan fingerprint density at radius 2 is 1.85 bits per heavy atom. The van der Waals surface area contributed by atoms with Crippen molar-refractivity contribution in [2.24, 2.45) is 7.05 Å². The normalized spacial score (nSPS) is 10.7. The Bertz CT molecular complexity index is 931. The van der Waals surface area contributed by atoms with Crippen LogP contribution in [0.5, 0.6) is 0 Å². The summed E-state index contributed by atoms with van der Waals surface area (Å²) in [6.07, 6.45) is 5.35. The van der Waals surface area contributed by atoms with E-state index in [9.17, 15) is 4.79 Å². The van der Waals surface area contributed by atoms with Gasteiger partial charge in [-0.3, -0.25) is 4.68 Å². The molecule has 0 fully saturated rings. The van der Waals surface area contributed by atoms with E-state index in [-0.39, 0.29) is 12.1 Å². The summed E-state index contributed by atoms with van der Waals surface area (Å²) in [5, 5.41) is 12.9. The van der Waals surface area contributed by atoms with E-state index in [1.807, 2.05) is 58.3 Å². The van der Waals surface area contributed by atoms with Gasteiger partial charge in [0.2, 0.25) is 5.95 Å². The van der Waals surface area contributed by atoms with Gasteiger partial charge in [-0.1, -0.05) is 12.1 Å². The fourth-order valence-electron chi connectivity index (χ4n) is 2.55. The highest BCUT2D eigenvalue weighted by Crippen LogP contribution is 2.24. The summed E-state index contributed by atoms with van der Waals surface area (Å²) in [6, 6.07) is 7.41. The van der Waals surface area contributed by atoms with Gasteiger partial charge in [0, 0.05) is 36.7 Å². The van der Waals surface area contributed by atoms with Crippen LogP contribution in [0.2, 0.25) is 0 Å². The molecule has 140 valence electrons. The molecule has 0 atom stereocenters. The average Bonchev–Trinajstić information content (AvgIpc) is 3.01. The molecule has 0 aliphatic rings. The van der Waals surface area contributed by atoms with Crippen molar-refractivity contribution in [3.63, 3.8) is 0 Å². The molecule has 0 aliphatic heterocycles. The van der Waals surface area contributed by atoms with Gasteiger partial charge in [-0.05, 0) is 38.5 Å². The fourth-order valence-corrected chi connectivity index (χ4v) is 2.55. The lowest BCUT2D eigenvalue weighted by Crippen LogP contribution is -2.34. The third kappa shape index (κ3) is 4.81. The molecule has 0 saturated heterocycles. The fraction of sp³-hybridized carbons (Fsp3) is 0.263. The van der Waals surface area contributed by atoms with E-state index in [1.165, 1.54) is 0 Å². The zero-order valence-corrected chi connectivity index (χ0v) is 15.8. The quantitative estimate of drug-likeness (QED) is 0.643. The van der Waals surface area contributed by atoms with Crippen LogP contribution in [0.3, 0.4) is 0 Å². The molecule has 0 spiro atoms. The van der Waals surface area contributed by atoms with Gasteiger partial charge in [0.25, 0.3) is 0 Å². The molecule has 27 heavy (non-hydrogen) atoms. The molecule has 0 radical (unpaired) electrons. The number of hydrogen-bond donors (Lipinski definition) is 3. The van der Waals surface area contributed by atoms with Gasteiger partial charge in [0.05, 0.1) is 17.6 Å². The molecule has 0 aliphatic carbocycles. The minimum atomic E-state index is -0.223. The number of nitrogens with one attached hydrogen (secondary N) is 3. The van der Waals surface area contributed by atoms with Gasteiger partial charge in [0.15, 0.2) is 0 Å². The Kier molecular flexibility index (Phi) is 5.35. The van der Waals surface area contributed by atoms with E-state index in [2.05, 4.69) is 31.0 Å². The zero-order valence-electron chi connectivity index (χ0n) is 15.8. The molecule has 2 amide bonds. The van der Waals surface area contributed by atoms with E-state index >= 15 is 0 Å². The molecular formula is C19H23N7O. The number of benzene rings is 1. The number of rotatable bonds is 5. The molecule has 2 heterocycles. The molecule has 1 aromatic carbocycles. The highest BCUT2D eigenvalue weighted by molar-refractivity contribution is 5.89. The van der Waals surface area contributed by atoms with Crippen LogP contribution in [0.25, 0.3) is 11.3 Å². The maximum Gasteiger partial charge on any atom is 0.319 e. The zero-order chi connectivity index (χ0) is 19.4. The van der Waals surface area contributed by atoms with Crippen molar-refractivity contribution in [2.45, 2.75) is 26.8 Å².